The van der Waals surface area contributed by atoms with Crippen molar-refractivity contribution in [3.8, 4) is 0 Å². The van der Waals surface area contributed by atoms with Gasteiger partial charge < -0.3 is 14.8 Å². The Morgan fingerprint density at radius 2 is 2.07 bits per heavy atom. The van der Waals surface area contributed by atoms with Gasteiger partial charge in [-0.3, -0.25) is 9.69 Å². The lowest BCUT2D eigenvalue weighted by molar-refractivity contribution is -0.145. The van der Waals surface area contributed by atoms with Gasteiger partial charge in [-0.15, -0.1) is 0 Å². The first-order valence-electron chi connectivity index (χ1n) is 5.40. The normalized spacial score (nSPS) is 17.7. The molecule has 0 atom stereocenters. The average Bonchev–Trinajstić information content (AvgIpc) is 2.26. The molecule has 0 unspecified atom stereocenters. The minimum atomic E-state index is -0.131. The van der Waals surface area contributed by atoms with E-state index in [1.165, 1.54) is 0 Å². The Morgan fingerprint density at radius 3 is 2.73 bits per heavy atom. The Hall–Kier alpha value is -0.650. The Kier molecular flexibility index (Phi) is 6.31. The van der Waals surface area contributed by atoms with Crippen molar-refractivity contribution < 1.29 is 14.3 Å². The van der Waals surface area contributed by atoms with Crippen LogP contribution >= 0.6 is 0 Å². The van der Waals surface area contributed by atoms with Crippen molar-refractivity contribution in [1.29, 1.82) is 0 Å². The molecule has 0 spiro atoms. The molecule has 1 fully saturated rings. The molecular formula is C10H20N2O3. The van der Waals surface area contributed by atoms with Gasteiger partial charge in [0.1, 0.15) is 0 Å². The number of carbonyl (C=O) groups is 1. The summed E-state index contributed by atoms with van der Waals surface area (Å²) in [5.41, 5.74) is 0. The van der Waals surface area contributed by atoms with Gasteiger partial charge in [-0.1, -0.05) is 0 Å². The third-order valence-electron chi connectivity index (χ3n) is 2.32. The SMILES string of the molecule is COCCCOC(=O)CN1CCNCC1. The number of esters is 1. The zero-order valence-electron chi connectivity index (χ0n) is 9.33. The van der Waals surface area contributed by atoms with Gasteiger partial charge in [0.15, 0.2) is 0 Å². The lowest BCUT2D eigenvalue weighted by atomic mass is 10.3. The van der Waals surface area contributed by atoms with Gasteiger partial charge in [-0.2, -0.15) is 0 Å². The second kappa shape index (κ2) is 7.62. The summed E-state index contributed by atoms with van der Waals surface area (Å²) in [5, 5.41) is 3.24. The molecule has 88 valence electrons. The molecular weight excluding hydrogens is 196 g/mol. The van der Waals surface area contributed by atoms with Crippen LogP contribution in [0.25, 0.3) is 0 Å². The zero-order chi connectivity index (χ0) is 10.9. The topological polar surface area (TPSA) is 50.8 Å². The van der Waals surface area contributed by atoms with Crippen LogP contribution in [0, 0.1) is 0 Å². The summed E-state index contributed by atoms with van der Waals surface area (Å²) in [6.07, 6.45) is 0.768. The summed E-state index contributed by atoms with van der Waals surface area (Å²) < 4.78 is 9.93. The molecule has 0 aromatic heterocycles. The van der Waals surface area contributed by atoms with Crippen LogP contribution in [0.5, 0.6) is 0 Å². The molecule has 1 rings (SSSR count). The molecule has 1 saturated heterocycles. The van der Waals surface area contributed by atoms with Crippen molar-refractivity contribution >= 4 is 5.97 Å². The monoisotopic (exact) mass is 216 g/mol. The number of ether oxygens (including phenoxy) is 2. The van der Waals surface area contributed by atoms with Gasteiger partial charge in [0, 0.05) is 46.3 Å². The van der Waals surface area contributed by atoms with E-state index < -0.39 is 0 Å². The van der Waals surface area contributed by atoms with Gasteiger partial charge in [0.05, 0.1) is 13.2 Å². The summed E-state index contributed by atoms with van der Waals surface area (Å²) >= 11 is 0. The molecule has 0 aromatic rings. The van der Waals surface area contributed by atoms with Crippen LogP contribution in [0.2, 0.25) is 0 Å². The third-order valence-corrected chi connectivity index (χ3v) is 2.32. The molecule has 5 heteroatoms. The van der Waals surface area contributed by atoms with Gasteiger partial charge in [-0.05, 0) is 0 Å². The Morgan fingerprint density at radius 1 is 1.33 bits per heavy atom. The van der Waals surface area contributed by atoms with Gasteiger partial charge in [0.2, 0.25) is 0 Å². The highest BCUT2D eigenvalue weighted by Gasteiger charge is 2.13. The fraction of sp³-hybridized carbons (Fsp3) is 0.900. The summed E-state index contributed by atoms with van der Waals surface area (Å²) in [5.74, 6) is -0.131. The van der Waals surface area contributed by atoms with E-state index in [1.54, 1.807) is 7.11 Å². The highest BCUT2D eigenvalue weighted by Crippen LogP contribution is 1.93. The summed E-state index contributed by atoms with van der Waals surface area (Å²) in [6, 6.07) is 0. The minimum absolute atomic E-state index is 0.131. The summed E-state index contributed by atoms with van der Waals surface area (Å²) in [4.78, 5) is 13.5. The molecule has 1 aliphatic rings. The molecule has 0 saturated carbocycles. The number of piperazine rings is 1. The summed E-state index contributed by atoms with van der Waals surface area (Å²) in [6.45, 7) is 5.27. The van der Waals surface area contributed by atoms with Crippen molar-refractivity contribution in [2.45, 2.75) is 6.42 Å². The van der Waals surface area contributed by atoms with Gasteiger partial charge >= 0.3 is 5.97 Å². The lowest BCUT2D eigenvalue weighted by Crippen LogP contribution is -2.45. The third kappa shape index (κ3) is 5.71. The molecule has 0 amide bonds. The molecule has 0 aromatic carbocycles. The number of rotatable bonds is 6. The Balaban J connectivity index is 2.01. The highest BCUT2D eigenvalue weighted by molar-refractivity contribution is 5.71. The second-order valence-corrected chi connectivity index (χ2v) is 3.59. The van der Waals surface area contributed by atoms with Crippen LogP contribution in [0.1, 0.15) is 6.42 Å². The minimum Gasteiger partial charge on any atom is -0.465 e. The summed E-state index contributed by atoms with van der Waals surface area (Å²) in [7, 11) is 1.64. The molecule has 15 heavy (non-hydrogen) atoms. The number of nitrogens with one attached hydrogen (secondary N) is 1. The molecule has 1 heterocycles. The maximum Gasteiger partial charge on any atom is 0.320 e. The average molecular weight is 216 g/mol. The first-order chi connectivity index (χ1) is 7.33. The fourth-order valence-corrected chi connectivity index (χ4v) is 1.49. The Labute approximate surface area is 90.7 Å². The van der Waals surface area contributed by atoms with Crippen LogP contribution < -0.4 is 5.32 Å². The van der Waals surface area contributed by atoms with Crippen molar-refractivity contribution in [3.63, 3.8) is 0 Å². The molecule has 0 bridgehead atoms. The van der Waals surface area contributed by atoms with E-state index in [4.69, 9.17) is 9.47 Å². The maximum atomic E-state index is 11.3. The van der Waals surface area contributed by atoms with E-state index in [2.05, 4.69) is 10.2 Å². The molecule has 0 aliphatic carbocycles. The van der Waals surface area contributed by atoms with Crippen molar-refractivity contribution in [2.24, 2.45) is 0 Å². The molecule has 0 radical (unpaired) electrons. The number of hydrogen-bond acceptors (Lipinski definition) is 5. The van der Waals surface area contributed by atoms with Crippen LogP contribution in [-0.4, -0.2) is 63.9 Å². The van der Waals surface area contributed by atoms with E-state index in [0.29, 0.717) is 19.8 Å². The molecule has 1 aliphatic heterocycles. The predicted octanol–water partition coefficient (Wildman–Crippen LogP) is -0.529. The van der Waals surface area contributed by atoms with Gasteiger partial charge in [-0.25, -0.2) is 0 Å². The first kappa shape index (κ1) is 12.4. The number of hydrogen-bond donors (Lipinski definition) is 1. The fourth-order valence-electron chi connectivity index (χ4n) is 1.49. The quantitative estimate of drug-likeness (QED) is 0.478. The second-order valence-electron chi connectivity index (χ2n) is 3.59. The van der Waals surface area contributed by atoms with Crippen molar-refractivity contribution in [3.05, 3.63) is 0 Å². The highest BCUT2D eigenvalue weighted by atomic mass is 16.5. The first-order valence-corrected chi connectivity index (χ1v) is 5.40. The zero-order valence-corrected chi connectivity index (χ0v) is 9.33. The van der Waals surface area contributed by atoms with Crippen LogP contribution in [0.4, 0.5) is 0 Å². The maximum absolute atomic E-state index is 11.3. The number of carbonyl (C=O) groups excluding carboxylic acids is 1. The van der Waals surface area contributed by atoms with Crippen LogP contribution in [-0.2, 0) is 14.3 Å². The lowest BCUT2D eigenvalue weighted by Gasteiger charge is -2.25. The molecule has 5 nitrogen and oxygen atoms in total. The van der Waals surface area contributed by atoms with Gasteiger partial charge in [0.25, 0.3) is 0 Å². The van der Waals surface area contributed by atoms with Crippen LogP contribution in [0.15, 0.2) is 0 Å². The number of methoxy groups -OCH3 is 1. The van der Waals surface area contributed by atoms with Crippen LogP contribution in [0.3, 0.4) is 0 Å². The van der Waals surface area contributed by atoms with E-state index >= 15 is 0 Å². The van der Waals surface area contributed by atoms with Crippen molar-refractivity contribution in [1.82, 2.24) is 10.2 Å². The largest absolute Gasteiger partial charge is 0.465 e. The standard InChI is InChI=1S/C10H20N2O3/c1-14-7-2-8-15-10(13)9-12-5-3-11-4-6-12/h11H,2-9H2,1H3. The van der Waals surface area contributed by atoms with E-state index in [-0.39, 0.29) is 5.97 Å². The van der Waals surface area contributed by atoms with E-state index in [1.807, 2.05) is 0 Å². The van der Waals surface area contributed by atoms with E-state index in [9.17, 15) is 4.79 Å². The Bertz CT molecular complexity index is 182. The predicted molar refractivity (Wildman–Crippen MR) is 56.8 cm³/mol. The number of nitrogens with zero attached hydrogens (tertiary/aromatic N) is 1. The van der Waals surface area contributed by atoms with E-state index in [0.717, 1.165) is 32.6 Å². The smallest absolute Gasteiger partial charge is 0.320 e. The van der Waals surface area contributed by atoms with Crippen molar-refractivity contribution in [2.75, 3.05) is 53.0 Å². The molecule has 1 N–H and O–H groups in total.